The van der Waals surface area contributed by atoms with Crippen LogP contribution < -0.4 is 0 Å². The van der Waals surface area contributed by atoms with Crippen LogP contribution in [0, 0.1) is 0 Å². The molecule has 0 spiro atoms. The van der Waals surface area contributed by atoms with E-state index in [9.17, 15) is 15.0 Å². The molecule has 20 heavy (non-hydrogen) atoms. The molecule has 1 aromatic carbocycles. The van der Waals surface area contributed by atoms with Crippen molar-refractivity contribution in [3.63, 3.8) is 0 Å². The van der Waals surface area contributed by atoms with Crippen LogP contribution in [0.3, 0.4) is 0 Å². The van der Waals surface area contributed by atoms with Crippen LogP contribution in [0.1, 0.15) is 23.2 Å². The van der Waals surface area contributed by atoms with Gasteiger partial charge in [-0.15, -0.1) is 0 Å². The zero-order valence-electron chi connectivity index (χ0n) is 11.6. The molecule has 1 aliphatic rings. The van der Waals surface area contributed by atoms with Crippen molar-refractivity contribution in [2.75, 3.05) is 27.3 Å². The number of aromatic hydroxyl groups is 2. The lowest BCUT2D eigenvalue weighted by Gasteiger charge is -2.39. The number of methoxy groups -OCH3 is 2. The number of piperidine rings is 1. The lowest BCUT2D eigenvalue weighted by molar-refractivity contribution is -0.226. The Kier molecular flexibility index (Phi) is 4.15. The predicted octanol–water partition coefficient (Wildman–Crippen LogP) is 1.32. The number of nitrogens with zero attached hydrogens (tertiary/aromatic N) is 1. The largest absolute Gasteiger partial charge is 0.508 e. The van der Waals surface area contributed by atoms with E-state index in [1.54, 1.807) is 19.1 Å². The van der Waals surface area contributed by atoms with Gasteiger partial charge in [0.05, 0.1) is 0 Å². The summed E-state index contributed by atoms with van der Waals surface area (Å²) in [5, 5.41) is 18.9. The zero-order valence-corrected chi connectivity index (χ0v) is 11.6. The van der Waals surface area contributed by atoms with Crippen LogP contribution in [0.2, 0.25) is 0 Å². The van der Waals surface area contributed by atoms with Crippen molar-refractivity contribution in [3.8, 4) is 11.5 Å². The smallest absolute Gasteiger partial charge is 0.254 e. The Bertz CT molecular complexity index is 468. The number of rotatable bonds is 3. The third-order valence-electron chi connectivity index (χ3n) is 3.71. The second-order valence-corrected chi connectivity index (χ2v) is 4.85. The van der Waals surface area contributed by atoms with Gasteiger partial charge in [0.2, 0.25) is 0 Å². The number of benzene rings is 1. The van der Waals surface area contributed by atoms with Crippen LogP contribution >= 0.6 is 0 Å². The van der Waals surface area contributed by atoms with Crippen LogP contribution in [0.25, 0.3) is 0 Å². The van der Waals surface area contributed by atoms with Crippen molar-refractivity contribution >= 4 is 5.91 Å². The molecule has 6 heteroatoms. The second-order valence-electron chi connectivity index (χ2n) is 4.85. The maximum absolute atomic E-state index is 12.3. The molecule has 0 unspecified atom stereocenters. The van der Waals surface area contributed by atoms with Gasteiger partial charge in [-0.05, 0) is 12.1 Å². The van der Waals surface area contributed by atoms with E-state index in [0.29, 0.717) is 25.9 Å². The van der Waals surface area contributed by atoms with Gasteiger partial charge < -0.3 is 24.6 Å². The first-order chi connectivity index (χ1) is 9.49. The first kappa shape index (κ1) is 14.6. The normalized spacial score (nSPS) is 18.0. The van der Waals surface area contributed by atoms with Gasteiger partial charge in [-0.25, -0.2) is 0 Å². The summed E-state index contributed by atoms with van der Waals surface area (Å²) < 4.78 is 10.7. The van der Waals surface area contributed by atoms with Gasteiger partial charge in [-0.2, -0.15) is 0 Å². The van der Waals surface area contributed by atoms with Crippen molar-refractivity contribution < 1.29 is 24.5 Å². The molecule has 1 amide bonds. The Balaban J connectivity index is 2.08. The first-order valence-corrected chi connectivity index (χ1v) is 6.42. The van der Waals surface area contributed by atoms with E-state index in [0.717, 1.165) is 0 Å². The maximum Gasteiger partial charge on any atom is 0.254 e. The second kappa shape index (κ2) is 5.68. The summed E-state index contributed by atoms with van der Waals surface area (Å²) in [6.45, 7) is 0.994. The Morgan fingerprint density at radius 2 is 1.60 bits per heavy atom. The summed E-state index contributed by atoms with van der Waals surface area (Å²) >= 11 is 0. The Labute approximate surface area is 117 Å². The molecule has 0 bridgehead atoms. The van der Waals surface area contributed by atoms with E-state index in [4.69, 9.17) is 9.47 Å². The van der Waals surface area contributed by atoms with Gasteiger partial charge >= 0.3 is 0 Å². The molecule has 1 fully saturated rings. The van der Waals surface area contributed by atoms with Gasteiger partial charge in [0.15, 0.2) is 5.79 Å². The number of likely N-dealkylation sites (tertiary alicyclic amines) is 1. The van der Waals surface area contributed by atoms with Crippen LogP contribution in [0.15, 0.2) is 18.2 Å². The summed E-state index contributed by atoms with van der Waals surface area (Å²) in [6, 6.07) is 3.88. The number of hydrogen-bond donors (Lipinski definition) is 2. The van der Waals surface area contributed by atoms with Crippen LogP contribution in [-0.4, -0.2) is 54.1 Å². The molecule has 1 aromatic rings. The van der Waals surface area contributed by atoms with Crippen molar-refractivity contribution in [2.45, 2.75) is 18.6 Å². The van der Waals surface area contributed by atoms with Crippen LogP contribution in [0.4, 0.5) is 0 Å². The van der Waals surface area contributed by atoms with Crippen molar-refractivity contribution in [2.24, 2.45) is 0 Å². The molecule has 1 aliphatic heterocycles. The highest BCUT2D eigenvalue weighted by molar-refractivity contribution is 5.95. The number of carbonyl (C=O) groups excluding carboxylic acids is 1. The quantitative estimate of drug-likeness (QED) is 0.817. The van der Waals surface area contributed by atoms with E-state index in [1.807, 2.05) is 0 Å². The molecule has 0 atom stereocenters. The molecular formula is C14H19NO5. The molecular weight excluding hydrogens is 262 g/mol. The summed E-state index contributed by atoms with van der Waals surface area (Å²) in [5.41, 5.74) is 0.268. The number of hydrogen-bond acceptors (Lipinski definition) is 5. The predicted molar refractivity (Wildman–Crippen MR) is 71.7 cm³/mol. The SMILES string of the molecule is COC1(OC)CCN(C(=O)c2cc(O)cc(O)c2)CC1. The fourth-order valence-electron chi connectivity index (χ4n) is 2.44. The average molecular weight is 281 g/mol. The van der Waals surface area contributed by atoms with Crippen molar-refractivity contribution in [3.05, 3.63) is 23.8 Å². The number of carbonyl (C=O) groups is 1. The highest BCUT2D eigenvalue weighted by Gasteiger charge is 2.36. The van der Waals surface area contributed by atoms with E-state index >= 15 is 0 Å². The number of phenolic OH excluding ortho intramolecular Hbond substituents is 2. The molecule has 0 aromatic heterocycles. The van der Waals surface area contributed by atoms with Gasteiger partial charge in [0, 0.05) is 51.8 Å². The topological polar surface area (TPSA) is 79.2 Å². The molecule has 1 heterocycles. The van der Waals surface area contributed by atoms with E-state index in [-0.39, 0.29) is 23.0 Å². The average Bonchev–Trinajstić information content (AvgIpc) is 2.45. The molecule has 110 valence electrons. The number of amides is 1. The molecule has 0 radical (unpaired) electrons. The fraction of sp³-hybridized carbons (Fsp3) is 0.500. The fourth-order valence-corrected chi connectivity index (χ4v) is 2.44. The summed E-state index contributed by atoms with van der Waals surface area (Å²) in [6.07, 6.45) is 1.16. The summed E-state index contributed by atoms with van der Waals surface area (Å²) in [7, 11) is 3.18. The molecule has 2 N–H and O–H groups in total. The highest BCUT2D eigenvalue weighted by Crippen LogP contribution is 2.28. The Morgan fingerprint density at radius 1 is 1.10 bits per heavy atom. The maximum atomic E-state index is 12.3. The van der Waals surface area contributed by atoms with Gasteiger partial charge in [-0.3, -0.25) is 4.79 Å². The Morgan fingerprint density at radius 3 is 2.05 bits per heavy atom. The lowest BCUT2D eigenvalue weighted by atomic mass is 10.0. The zero-order chi connectivity index (χ0) is 14.8. The number of phenols is 2. The monoisotopic (exact) mass is 281 g/mol. The van der Waals surface area contributed by atoms with E-state index in [1.165, 1.54) is 18.2 Å². The standard InChI is InChI=1S/C14H19NO5/c1-19-14(20-2)3-5-15(6-4-14)13(18)10-7-11(16)9-12(17)8-10/h7-9,16-17H,3-6H2,1-2H3. The minimum Gasteiger partial charge on any atom is -0.508 e. The third-order valence-corrected chi connectivity index (χ3v) is 3.71. The lowest BCUT2D eigenvalue weighted by Crippen LogP contribution is -2.48. The first-order valence-electron chi connectivity index (χ1n) is 6.42. The van der Waals surface area contributed by atoms with E-state index < -0.39 is 5.79 Å². The van der Waals surface area contributed by atoms with E-state index in [2.05, 4.69) is 0 Å². The van der Waals surface area contributed by atoms with Crippen molar-refractivity contribution in [1.82, 2.24) is 4.90 Å². The molecule has 0 saturated carbocycles. The Hall–Kier alpha value is -1.79. The summed E-state index contributed by atoms with van der Waals surface area (Å²) in [4.78, 5) is 14.0. The van der Waals surface area contributed by atoms with Crippen LogP contribution in [-0.2, 0) is 9.47 Å². The van der Waals surface area contributed by atoms with Gasteiger partial charge in [-0.1, -0.05) is 0 Å². The van der Waals surface area contributed by atoms with Gasteiger partial charge in [0.1, 0.15) is 11.5 Å². The minimum atomic E-state index is -0.627. The van der Waals surface area contributed by atoms with Gasteiger partial charge in [0.25, 0.3) is 5.91 Å². The molecule has 1 saturated heterocycles. The molecule has 0 aliphatic carbocycles. The highest BCUT2D eigenvalue weighted by atomic mass is 16.7. The van der Waals surface area contributed by atoms with Crippen LogP contribution in [0.5, 0.6) is 11.5 Å². The molecule has 2 rings (SSSR count). The number of ether oxygens (including phenoxy) is 2. The van der Waals surface area contributed by atoms with Crippen molar-refractivity contribution in [1.29, 1.82) is 0 Å². The molecule has 6 nitrogen and oxygen atoms in total. The minimum absolute atomic E-state index is 0.131. The third kappa shape index (κ3) is 2.86. The summed E-state index contributed by atoms with van der Waals surface area (Å²) in [5.74, 6) is -1.11.